The largest absolute Gasteiger partial charge is 0.385 e. The molecule has 1 aliphatic carbocycles. The van der Waals surface area contributed by atoms with E-state index in [9.17, 15) is 5.11 Å². The van der Waals surface area contributed by atoms with Gasteiger partial charge in [0.1, 0.15) is 0 Å². The molecule has 0 fully saturated rings. The van der Waals surface area contributed by atoms with Gasteiger partial charge < -0.3 is 5.11 Å². The molecule has 0 amide bonds. The van der Waals surface area contributed by atoms with Crippen LogP contribution in [0.3, 0.4) is 0 Å². The van der Waals surface area contributed by atoms with Crippen molar-refractivity contribution in [2.45, 2.75) is 51.6 Å². The number of aryl methyl sites for hydroxylation is 1. The summed E-state index contributed by atoms with van der Waals surface area (Å²) in [6.45, 7) is 4.38. The van der Waals surface area contributed by atoms with E-state index >= 15 is 0 Å². The van der Waals surface area contributed by atoms with Crippen LogP contribution < -0.4 is 0 Å². The minimum absolute atomic E-state index is 0.360. The lowest BCUT2D eigenvalue weighted by molar-refractivity contribution is -0.0359. The Balaban J connectivity index is 2.36. The van der Waals surface area contributed by atoms with Crippen molar-refractivity contribution in [2.75, 3.05) is 0 Å². The molecule has 2 rings (SSSR count). The summed E-state index contributed by atoms with van der Waals surface area (Å²) < 4.78 is 0. The van der Waals surface area contributed by atoms with Gasteiger partial charge in [-0.25, -0.2) is 0 Å². The van der Waals surface area contributed by atoms with Crippen molar-refractivity contribution >= 4 is 0 Å². The molecule has 1 aromatic rings. The van der Waals surface area contributed by atoms with Crippen LogP contribution in [-0.2, 0) is 12.0 Å². The Morgan fingerprint density at radius 3 is 2.88 bits per heavy atom. The molecule has 1 N–H and O–H groups in total. The number of hydrogen-bond acceptors (Lipinski definition) is 1. The first kappa shape index (κ1) is 11.7. The second-order valence-corrected chi connectivity index (χ2v) is 5.12. The standard InChI is InChI=1S/C15H22O/c1-3-7-12(2)15(16)11-6-9-13-8-4-5-10-14(13)15/h4-5,8,10,12,16H,3,6-7,9,11H2,1-2H3. The van der Waals surface area contributed by atoms with Gasteiger partial charge in [-0.3, -0.25) is 0 Å². The van der Waals surface area contributed by atoms with E-state index < -0.39 is 5.60 Å². The van der Waals surface area contributed by atoms with Crippen LogP contribution in [0.4, 0.5) is 0 Å². The lowest BCUT2D eigenvalue weighted by atomic mass is 9.71. The molecular formula is C15H22O. The summed E-state index contributed by atoms with van der Waals surface area (Å²) in [7, 11) is 0. The minimum atomic E-state index is -0.579. The number of aliphatic hydroxyl groups is 1. The lowest BCUT2D eigenvalue weighted by Crippen LogP contribution is -2.37. The number of hydrogen-bond donors (Lipinski definition) is 1. The van der Waals surface area contributed by atoms with E-state index in [-0.39, 0.29) is 0 Å². The highest BCUT2D eigenvalue weighted by atomic mass is 16.3. The molecule has 16 heavy (non-hydrogen) atoms. The molecule has 2 unspecified atom stereocenters. The molecule has 1 heteroatoms. The Morgan fingerprint density at radius 2 is 2.12 bits per heavy atom. The second kappa shape index (κ2) is 4.58. The average Bonchev–Trinajstić information content (AvgIpc) is 2.30. The van der Waals surface area contributed by atoms with Crippen molar-refractivity contribution < 1.29 is 5.11 Å². The fraction of sp³-hybridized carbons (Fsp3) is 0.600. The predicted molar refractivity (Wildman–Crippen MR) is 67.3 cm³/mol. The van der Waals surface area contributed by atoms with E-state index in [1.807, 2.05) is 6.07 Å². The van der Waals surface area contributed by atoms with E-state index in [0.29, 0.717) is 5.92 Å². The van der Waals surface area contributed by atoms with Crippen LogP contribution in [0.2, 0.25) is 0 Å². The third-order valence-electron chi connectivity index (χ3n) is 4.02. The molecule has 0 aliphatic heterocycles. The summed E-state index contributed by atoms with van der Waals surface area (Å²) in [6, 6.07) is 8.40. The topological polar surface area (TPSA) is 20.2 Å². The first-order chi connectivity index (χ1) is 7.68. The fourth-order valence-electron chi connectivity index (χ4n) is 3.03. The smallest absolute Gasteiger partial charge is 0.0924 e. The summed E-state index contributed by atoms with van der Waals surface area (Å²) in [5.41, 5.74) is 1.95. The molecule has 88 valence electrons. The van der Waals surface area contributed by atoms with Gasteiger partial charge in [0.05, 0.1) is 5.60 Å². The van der Waals surface area contributed by atoms with Gasteiger partial charge in [-0.15, -0.1) is 0 Å². The summed E-state index contributed by atoms with van der Waals surface area (Å²) in [4.78, 5) is 0. The molecule has 0 radical (unpaired) electrons. The Kier molecular flexibility index (Phi) is 3.34. The van der Waals surface area contributed by atoms with Gasteiger partial charge >= 0.3 is 0 Å². The highest BCUT2D eigenvalue weighted by molar-refractivity contribution is 5.35. The maximum Gasteiger partial charge on any atom is 0.0924 e. The number of rotatable bonds is 3. The zero-order chi connectivity index (χ0) is 11.6. The molecule has 0 saturated carbocycles. The van der Waals surface area contributed by atoms with E-state index in [0.717, 1.165) is 32.1 Å². The maximum atomic E-state index is 10.9. The van der Waals surface area contributed by atoms with Crippen molar-refractivity contribution in [3.05, 3.63) is 35.4 Å². The van der Waals surface area contributed by atoms with Gasteiger partial charge in [0.25, 0.3) is 0 Å². The van der Waals surface area contributed by atoms with Crippen LogP contribution in [0.5, 0.6) is 0 Å². The number of fused-ring (bicyclic) bond motifs is 1. The first-order valence-corrected chi connectivity index (χ1v) is 6.49. The molecule has 0 bridgehead atoms. The molecule has 1 nitrogen and oxygen atoms in total. The van der Waals surface area contributed by atoms with Gasteiger partial charge in [-0.2, -0.15) is 0 Å². The summed E-state index contributed by atoms with van der Waals surface area (Å²) in [6.07, 6.45) is 5.40. The molecule has 1 aliphatic rings. The van der Waals surface area contributed by atoms with Gasteiger partial charge in [-0.05, 0) is 42.7 Å². The number of benzene rings is 1. The van der Waals surface area contributed by atoms with Crippen molar-refractivity contribution in [3.63, 3.8) is 0 Å². The molecule has 0 saturated heterocycles. The van der Waals surface area contributed by atoms with Crippen molar-refractivity contribution in [1.82, 2.24) is 0 Å². The summed E-state index contributed by atoms with van der Waals surface area (Å²) in [5.74, 6) is 0.360. The third-order valence-corrected chi connectivity index (χ3v) is 4.02. The summed E-state index contributed by atoms with van der Waals surface area (Å²) in [5, 5.41) is 10.9. The Bertz CT molecular complexity index is 358. The molecule has 0 spiro atoms. The van der Waals surface area contributed by atoms with Gasteiger partial charge in [0.2, 0.25) is 0 Å². The van der Waals surface area contributed by atoms with Gasteiger partial charge in [0, 0.05) is 0 Å². The monoisotopic (exact) mass is 218 g/mol. The quantitative estimate of drug-likeness (QED) is 0.821. The fourth-order valence-corrected chi connectivity index (χ4v) is 3.03. The Hall–Kier alpha value is -0.820. The van der Waals surface area contributed by atoms with Gasteiger partial charge in [0.15, 0.2) is 0 Å². The molecule has 0 heterocycles. The first-order valence-electron chi connectivity index (χ1n) is 6.49. The van der Waals surface area contributed by atoms with E-state index in [2.05, 4.69) is 32.0 Å². The molecular weight excluding hydrogens is 196 g/mol. The average molecular weight is 218 g/mol. The van der Waals surface area contributed by atoms with Crippen molar-refractivity contribution in [2.24, 2.45) is 5.92 Å². The van der Waals surface area contributed by atoms with E-state index in [1.165, 1.54) is 11.1 Å². The zero-order valence-electron chi connectivity index (χ0n) is 10.4. The van der Waals surface area contributed by atoms with Crippen LogP contribution >= 0.6 is 0 Å². The van der Waals surface area contributed by atoms with Crippen LogP contribution in [0.25, 0.3) is 0 Å². The van der Waals surface area contributed by atoms with Crippen LogP contribution in [-0.4, -0.2) is 5.11 Å². The second-order valence-electron chi connectivity index (χ2n) is 5.12. The van der Waals surface area contributed by atoms with Crippen LogP contribution in [0, 0.1) is 5.92 Å². The van der Waals surface area contributed by atoms with E-state index in [4.69, 9.17) is 0 Å². The normalized spacial score (nSPS) is 26.2. The molecule has 1 aromatic carbocycles. The molecule has 2 atom stereocenters. The maximum absolute atomic E-state index is 10.9. The Morgan fingerprint density at radius 1 is 1.38 bits per heavy atom. The lowest BCUT2D eigenvalue weighted by Gasteiger charge is -2.39. The highest BCUT2D eigenvalue weighted by Crippen LogP contribution is 2.42. The third kappa shape index (κ3) is 1.89. The summed E-state index contributed by atoms with van der Waals surface area (Å²) >= 11 is 0. The van der Waals surface area contributed by atoms with Gasteiger partial charge in [-0.1, -0.05) is 44.5 Å². The van der Waals surface area contributed by atoms with Crippen LogP contribution in [0.15, 0.2) is 24.3 Å². The van der Waals surface area contributed by atoms with Crippen LogP contribution in [0.1, 0.15) is 50.7 Å². The highest BCUT2D eigenvalue weighted by Gasteiger charge is 2.38. The van der Waals surface area contributed by atoms with Crippen molar-refractivity contribution in [1.29, 1.82) is 0 Å². The SMILES string of the molecule is CCCC(C)C1(O)CCCc2ccccc21. The zero-order valence-corrected chi connectivity index (χ0v) is 10.4. The predicted octanol–water partition coefficient (Wildman–Crippen LogP) is 3.65. The van der Waals surface area contributed by atoms with Crippen molar-refractivity contribution in [3.8, 4) is 0 Å². The molecule has 0 aromatic heterocycles. The Labute approximate surface area is 98.5 Å². The van der Waals surface area contributed by atoms with E-state index in [1.54, 1.807) is 0 Å². The minimum Gasteiger partial charge on any atom is -0.385 e.